The molecule has 0 aliphatic carbocycles. The van der Waals surface area contributed by atoms with Crippen molar-refractivity contribution in [3.63, 3.8) is 0 Å². The van der Waals surface area contributed by atoms with E-state index in [4.69, 9.17) is 22.5 Å². The van der Waals surface area contributed by atoms with Crippen LogP contribution in [0.15, 0.2) is 42.5 Å². The fourth-order valence-electron chi connectivity index (χ4n) is 1.36. The minimum atomic E-state index is -1.05. The molecule has 0 N–H and O–H groups in total. The summed E-state index contributed by atoms with van der Waals surface area (Å²) in [6.07, 6.45) is 0. The average molecular weight is 229 g/mol. The second-order valence-electron chi connectivity index (χ2n) is 2.73. The Morgan fingerprint density at radius 1 is 0.846 bits per heavy atom. The zero-order valence-electron chi connectivity index (χ0n) is 6.74. The van der Waals surface area contributed by atoms with E-state index in [1.807, 2.05) is 30.3 Å². The first kappa shape index (κ1) is 9.27. The molecule has 66 valence electrons. The fraction of sp³-hybridized carbons (Fsp3) is 0. The third-order valence-electron chi connectivity index (χ3n) is 1.95. The van der Waals surface area contributed by atoms with Gasteiger partial charge in [0.05, 0.1) is 0 Å². The van der Waals surface area contributed by atoms with Gasteiger partial charge in [0, 0.05) is 5.30 Å². The molecule has 0 fully saturated rings. The highest BCUT2D eigenvalue weighted by molar-refractivity contribution is 8.09. The Balaban J connectivity index is 2.76. The molecule has 0 aliphatic rings. The summed E-state index contributed by atoms with van der Waals surface area (Å²) in [6.45, 7) is -1.05. The Morgan fingerprint density at radius 2 is 1.54 bits per heavy atom. The van der Waals surface area contributed by atoms with Crippen molar-refractivity contribution >= 4 is 45.2 Å². The quantitative estimate of drug-likeness (QED) is 0.641. The summed E-state index contributed by atoms with van der Waals surface area (Å²) in [5.41, 5.74) is 0. The first-order valence-corrected chi connectivity index (χ1v) is 7.03. The van der Waals surface area contributed by atoms with Gasteiger partial charge >= 0.3 is 0 Å². The molecule has 0 atom stereocenters. The summed E-state index contributed by atoms with van der Waals surface area (Å²) in [5.74, 6) is 0. The molecule has 0 aromatic heterocycles. The topological polar surface area (TPSA) is 0 Å². The first-order valence-electron chi connectivity index (χ1n) is 3.88. The molecular formula is C10H7Cl2P. The second-order valence-corrected chi connectivity index (χ2v) is 6.23. The van der Waals surface area contributed by atoms with Crippen LogP contribution in [0.2, 0.25) is 0 Å². The van der Waals surface area contributed by atoms with Gasteiger partial charge in [-0.1, -0.05) is 64.9 Å². The van der Waals surface area contributed by atoms with E-state index in [2.05, 4.69) is 12.1 Å². The van der Waals surface area contributed by atoms with Crippen LogP contribution >= 0.6 is 29.1 Å². The minimum Gasteiger partial charge on any atom is -0.0727 e. The van der Waals surface area contributed by atoms with Crippen LogP contribution in [-0.2, 0) is 0 Å². The van der Waals surface area contributed by atoms with Crippen LogP contribution < -0.4 is 5.30 Å². The molecule has 0 amide bonds. The molecule has 0 radical (unpaired) electrons. The van der Waals surface area contributed by atoms with E-state index in [0.29, 0.717) is 0 Å². The molecule has 0 spiro atoms. The van der Waals surface area contributed by atoms with Crippen molar-refractivity contribution in [3.8, 4) is 0 Å². The molecular weight excluding hydrogens is 222 g/mol. The Labute approximate surface area is 87.8 Å². The van der Waals surface area contributed by atoms with Crippen molar-refractivity contribution in [2.75, 3.05) is 0 Å². The Hall–Kier alpha value is -0.290. The molecule has 13 heavy (non-hydrogen) atoms. The maximum Gasteiger partial charge on any atom is 0.117 e. The van der Waals surface area contributed by atoms with Crippen LogP contribution in [0, 0.1) is 0 Å². The molecule has 2 aromatic carbocycles. The first-order chi connectivity index (χ1) is 6.29. The molecule has 3 heteroatoms. The van der Waals surface area contributed by atoms with Gasteiger partial charge in [0.2, 0.25) is 0 Å². The average Bonchev–Trinajstić information content (AvgIpc) is 2.17. The predicted molar refractivity (Wildman–Crippen MR) is 62.2 cm³/mol. The largest absolute Gasteiger partial charge is 0.117 e. The Morgan fingerprint density at radius 3 is 2.31 bits per heavy atom. The lowest BCUT2D eigenvalue weighted by atomic mass is 10.1. The lowest BCUT2D eigenvalue weighted by Gasteiger charge is -2.05. The smallest absolute Gasteiger partial charge is 0.0727 e. The van der Waals surface area contributed by atoms with Crippen LogP contribution in [0.1, 0.15) is 0 Å². The summed E-state index contributed by atoms with van der Waals surface area (Å²) in [7, 11) is 0. The van der Waals surface area contributed by atoms with Crippen molar-refractivity contribution < 1.29 is 0 Å². The van der Waals surface area contributed by atoms with Crippen molar-refractivity contribution in [2.45, 2.75) is 0 Å². The molecule has 0 saturated carbocycles. The third-order valence-corrected chi connectivity index (χ3v) is 3.80. The number of halogens is 2. The van der Waals surface area contributed by atoms with Crippen LogP contribution in [0.5, 0.6) is 0 Å². The van der Waals surface area contributed by atoms with Crippen molar-refractivity contribution in [3.05, 3.63) is 42.5 Å². The third kappa shape index (κ3) is 1.81. The van der Waals surface area contributed by atoms with E-state index in [-0.39, 0.29) is 0 Å². The summed E-state index contributed by atoms with van der Waals surface area (Å²) in [5, 5.41) is 3.38. The maximum absolute atomic E-state index is 5.91. The molecule has 0 nitrogen and oxygen atoms in total. The van der Waals surface area contributed by atoms with Gasteiger partial charge in [0.1, 0.15) is 6.63 Å². The van der Waals surface area contributed by atoms with E-state index >= 15 is 0 Å². The highest BCUT2D eigenvalue weighted by Gasteiger charge is 2.06. The molecule has 2 rings (SSSR count). The van der Waals surface area contributed by atoms with E-state index in [1.165, 1.54) is 5.39 Å². The lowest BCUT2D eigenvalue weighted by molar-refractivity contribution is 1.78. The predicted octanol–water partition coefficient (Wildman–Crippen LogP) is 4.25. The number of hydrogen-bond acceptors (Lipinski definition) is 0. The molecule has 0 heterocycles. The van der Waals surface area contributed by atoms with Crippen LogP contribution in [0.25, 0.3) is 10.8 Å². The van der Waals surface area contributed by atoms with E-state index in [0.717, 1.165) is 10.7 Å². The number of hydrogen-bond donors (Lipinski definition) is 0. The highest BCUT2D eigenvalue weighted by atomic mass is 35.9. The molecule has 0 saturated heterocycles. The van der Waals surface area contributed by atoms with Gasteiger partial charge in [-0.3, -0.25) is 0 Å². The monoisotopic (exact) mass is 228 g/mol. The lowest BCUT2D eigenvalue weighted by Crippen LogP contribution is -1.95. The number of benzene rings is 2. The molecule has 0 aliphatic heterocycles. The van der Waals surface area contributed by atoms with Gasteiger partial charge in [-0.25, -0.2) is 0 Å². The zero-order chi connectivity index (χ0) is 9.26. The van der Waals surface area contributed by atoms with E-state index < -0.39 is 6.63 Å². The van der Waals surface area contributed by atoms with Crippen molar-refractivity contribution in [2.24, 2.45) is 0 Å². The van der Waals surface area contributed by atoms with Gasteiger partial charge in [0.15, 0.2) is 0 Å². The molecule has 0 bridgehead atoms. The Bertz CT molecular complexity index is 421. The SMILES string of the molecule is ClP(Cl)c1cccc2ccccc12. The molecule has 2 aromatic rings. The normalized spacial score (nSPS) is 11.0. The van der Waals surface area contributed by atoms with E-state index in [9.17, 15) is 0 Å². The Kier molecular flexibility index (Phi) is 2.74. The summed E-state index contributed by atoms with van der Waals surface area (Å²) >= 11 is 11.8. The summed E-state index contributed by atoms with van der Waals surface area (Å²) < 4.78 is 0. The maximum atomic E-state index is 5.91. The molecule has 0 unspecified atom stereocenters. The van der Waals surface area contributed by atoms with Gasteiger partial charge in [-0.15, -0.1) is 0 Å². The van der Waals surface area contributed by atoms with Crippen LogP contribution in [0.3, 0.4) is 0 Å². The van der Waals surface area contributed by atoms with Crippen molar-refractivity contribution in [1.29, 1.82) is 0 Å². The second kappa shape index (κ2) is 3.84. The number of rotatable bonds is 1. The summed E-state index contributed by atoms with van der Waals surface area (Å²) in [4.78, 5) is 0. The van der Waals surface area contributed by atoms with Crippen LogP contribution in [0.4, 0.5) is 0 Å². The van der Waals surface area contributed by atoms with E-state index in [1.54, 1.807) is 0 Å². The number of fused-ring (bicyclic) bond motifs is 1. The zero-order valence-corrected chi connectivity index (χ0v) is 9.15. The van der Waals surface area contributed by atoms with Crippen LogP contribution in [-0.4, -0.2) is 0 Å². The van der Waals surface area contributed by atoms with Gasteiger partial charge < -0.3 is 0 Å². The highest BCUT2D eigenvalue weighted by Crippen LogP contribution is 2.46. The standard InChI is InChI=1S/C10H7Cl2P/c11-13(12)10-7-3-5-8-4-1-2-6-9(8)10/h1-7H. The van der Waals surface area contributed by atoms with Gasteiger partial charge in [0.25, 0.3) is 0 Å². The van der Waals surface area contributed by atoms with Gasteiger partial charge in [-0.2, -0.15) is 0 Å². The minimum absolute atomic E-state index is 1.04. The van der Waals surface area contributed by atoms with Crippen molar-refractivity contribution in [1.82, 2.24) is 0 Å². The van der Waals surface area contributed by atoms with Gasteiger partial charge in [-0.05, 0) is 10.8 Å². The fourth-order valence-corrected chi connectivity index (χ4v) is 2.82. The summed E-state index contributed by atoms with van der Waals surface area (Å²) in [6, 6.07) is 14.1.